The fourth-order valence-electron chi connectivity index (χ4n) is 2.78. The van der Waals surface area contributed by atoms with Crippen molar-refractivity contribution < 1.29 is 28.6 Å². The Kier molecular flexibility index (Phi) is 7.07. The normalized spacial score (nSPS) is 10.5. The largest absolute Gasteiger partial charge is 0.478 e. The Morgan fingerprint density at radius 1 is 0.968 bits per heavy atom. The minimum Gasteiger partial charge on any atom is -0.478 e. The van der Waals surface area contributed by atoms with Gasteiger partial charge in [-0.1, -0.05) is 23.7 Å². The summed E-state index contributed by atoms with van der Waals surface area (Å²) in [5, 5.41) is 14.6. The van der Waals surface area contributed by atoms with Gasteiger partial charge in [-0.3, -0.25) is 9.59 Å². The molecule has 31 heavy (non-hydrogen) atoms. The van der Waals surface area contributed by atoms with Crippen LogP contribution in [0.25, 0.3) is 11.1 Å². The van der Waals surface area contributed by atoms with Crippen LogP contribution in [-0.4, -0.2) is 36.1 Å². The molecule has 0 atom stereocenters. The summed E-state index contributed by atoms with van der Waals surface area (Å²) in [5.41, 5.74) is 3.18. The number of hydrogen-bond acceptors (Lipinski definition) is 5. The Morgan fingerprint density at radius 2 is 1.68 bits per heavy atom. The van der Waals surface area contributed by atoms with E-state index in [1.165, 1.54) is 18.2 Å². The number of carboxylic acids is 1. The molecule has 0 saturated heterocycles. The third-order valence-corrected chi connectivity index (χ3v) is 4.55. The van der Waals surface area contributed by atoms with E-state index in [4.69, 9.17) is 20.8 Å². The van der Waals surface area contributed by atoms with Gasteiger partial charge in [-0.25, -0.2) is 4.79 Å². The quantitative estimate of drug-likeness (QED) is 0.481. The maximum absolute atomic E-state index is 12.2. The molecular weight excluding hydrogens is 424 g/mol. The van der Waals surface area contributed by atoms with Crippen molar-refractivity contribution >= 4 is 40.8 Å². The minimum atomic E-state index is -1.23. The lowest BCUT2D eigenvalue weighted by atomic mass is 10.1. The number of furan rings is 1. The van der Waals surface area contributed by atoms with Crippen molar-refractivity contribution in [2.75, 3.05) is 23.8 Å². The Morgan fingerprint density at radius 3 is 2.32 bits per heavy atom. The summed E-state index contributed by atoms with van der Waals surface area (Å²) in [6.45, 7) is 1.08. The van der Waals surface area contributed by atoms with E-state index in [0.29, 0.717) is 5.69 Å². The number of rotatable bonds is 8. The van der Waals surface area contributed by atoms with Gasteiger partial charge < -0.3 is 24.9 Å². The van der Waals surface area contributed by atoms with Crippen LogP contribution >= 0.6 is 11.6 Å². The van der Waals surface area contributed by atoms with Crippen LogP contribution < -0.4 is 10.6 Å². The molecule has 3 N–H and O–H groups in total. The molecule has 0 saturated carbocycles. The first kappa shape index (κ1) is 22.1. The van der Waals surface area contributed by atoms with Gasteiger partial charge in [0.15, 0.2) is 0 Å². The van der Waals surface area contributed by atoms with Gasteiger partial charge in [-0.15, -0.1) is 0 Å². The van der Waals surface area contributed by atoms with Crippen LogP contribution in [0, 0.1) is 6.92 Å². The molecular formula is C22H19ClN2O6. The van der Waals surface area contributed by atoms with Gasteiger partial charge in [0.1, 0.15) is 13.2 Å². The molecule has 0 fully saturated rings. The number of halogens is 1. The van der Waals surface area contributed by atoms with Gasteiger partial charge in [0.05, 0.1) is 23.8 Å². The molecule has 8 nitrogen and oxygen atoms in total. The Bertz CT molecular complexity index is 1110. The Labute approximate surface area is 182 Å². The van der Waals surface area contributed by atoms with Crippen LogP contribution in [-0.2, 0) is 14.3 Å². The summed E-state index contributed by atoms with van der Waals surface area (Å²) in [6.07, 6.45) is 3.17. The van der Waals surface area contributed by atoms with E-state index >= 15 is 0 Å². The van der Waals surface area contributed by atoms with Crippen LogP contribution in [0.15, 0.2) is 59.4 Å². The first-order valence-corrected chi connectivity index (χ1v) is 9.55. The minimum absolute atomic E-state index is 0.0848. The lowest BCUT2D eigenvalue weighted by Gasteiger charge is -2.11. The van der Waals surface area contributed by atoms with Crippen molar-refractivity contribution in [3.05, 3.63) is 71.1 Å². The fraction of sp³-hybridized carbons (Fsp3) is 0.136. The number of carbonyl (C=O) groups excluding carboxylic acids is 2. The third-order valence-electron chi connectivity index (χ3n) is 4.32. The zero-order valence-electron chi connectivity index (χ0n) is 16.5. The zero-order chi connectivity index (χ0) is 22.4. The average molecular weight is 443 g/mol. The third kappa shape index (κ3) is 5.94. The van der Waals surface area contributed by atoms with Crippen molar-refractivity contribution in [1.82, 2.24) is 0 Å². The second kappa shape index (κ2) is 9.92. The van der Waals surface area contributed by atoms with E-state index in [1.54, 1.807) is 12.5 Å². The number of aromatic carboxylic acids is 1. The summed E-state index contributed by atoms with van der Waals surface area (Å²) in [7, 11) is 0. The number of ether oxygens (including phenoxy) is 1. The number of hydrogen-bond donors (Lipinski definition) is 3. The van der Waals surface area contributed by atoms with Gasteiger partial charge in [0, 0.05) is 16.3 Å². The molecule has 160 valence electrons. The first-order valence-electron chi connectivity index (χ1n) is 9.17. The number of nitrogens with one attached hydrogen (secondary N) is 2. The maximum atomic E-state index is 12.2. The predicted molar refractivity (Wildman–Crippen MR) is 115 cm³/mol. The van der Waals surface area contributed by atoms with Crippen LogP contribution in [0.3, 0.4) is 0 Å². The summed E-state index contributed by atoms with van der Waals surface area (Å²) >= 11 is 5.78. The SMILES string of the molecule is Cc1ccc(-c2ccoc2)cc1NC(=O)COCC(=O)Nc1ccc(Cl)cc1C(=O)O. The van der Waals surface area contributed by atoms with E-state index in [1.807, 2.05) is 31.2 Å². The van der Waals surface area contributed by atoms with Crippen LogP contribution in [0.4, 0.5) is 11.4 Å². The summed E-state index contributed by atoms with van der Waals surface area (Å²) in [5.74, 6) is -2.26. The molecule has 1 aromatic heterocycles. The Balaban J connectivity index is 1.52. The van der Waals surface area contributed by atoms with Gasteiger partial charge in [-0.2, -0.15) is 0 Å². The second-order valence-electron chi connectivity index (χ2n) is 6.63. The highest BCUT2D eigenvalue weighted by molar-refractivity contribution is 6.31. The first-order chi connectivity index (χ1) is 14.8. The van der Waals surface area contributed by atoms with Crippen LogP contribution in [0.2, 0.25) is 5.02 Å². The van der Waals surface area contributed by atoms with E-state index in [0.717, 1.165) is 16.7 Å². The van der Waals surface area contributed by atoms with Crippen LogP contribution in [0.1, 0.15) is 15.9 Å². The van der Waals surface area contributed by atoms with Crippen molar-refractivity contribution in [3.63, 3.8) is 0 Å². The van der Waals surface area contributed by atoms with Crippen LogP contribution in [0.5, 0.6) is 0 Å². The van der Waals surface area contributed by atoms with E-state index < -0.39 is 24.4 Å². The monoisotopic (exact) mass is 442 g/mol. The number of carboxylic acid groups (broad SMARTS) is 1. The molecule has 0 bridgehead atoms. The number of benzene rings is 2. The molecule has 2 aromatic carbocycles. The van der Waals surface area contributed by atoms with Crippen molar-refractivity contribution in [2.24, 2.45) is 0 Å². The molecule has 0 aliphatic heterocycles. The summed E-state index contributed by atoms with van der Waals surface area (Å²) in [6, 6.07) is 11.5. The zero-order valence-corrected chi connectivity index (χ0v) is 17.2. The molecule has 0 radical (unpaired) electrons. The molecule has 3 aromatic rings. The van der Waals surface area contributed by atoms with E-state index in [-0.39, 0.29) is 22.9 Å². The predicted octanol–water partition coefficient (Wildman–Crippen LogP) is 4.20. The van der Waals surface area contributed by atoms with Crippen molar-refractivity contribution in [1.29, 1.82) is 0 Å². The number of anilines is 2. The van der Waals surface area contributed by atoms with E-state index in [2.05, 4.69) is 10.6 Å². The topological polar surface area (TPSA) is 118 Å². The van der Waals surface area contributed by atoms with Crippen molar-refractivity contribution in [3.8, 4) is 11.1 Å². The highest BCUT2D eigenvalue weighted by Gasteiger charge is 2.14. The lowest BCUT2D eigenvalue weighted by Crippen LogP contribution is -2.24. The molecule has 0 spiro atoms. The van der Waals surface area contributed by atoms with Gasteiger partial charge in [0.2, 0.25) is 11.8 Å². The fourth-order valence-corrected chi connectivity index (χ4v) is 2.95. The second-order valence-corrected chi connectivity index (χ2v) is 7.06. The number of aryl methyl sites for hydroxylation is 1. The summed E-state index contributed by atoms with van der Waals surface area (Å²) < 4.78 is 10.2. The Hall–Kier alpha value is -3.62. The summed E-state index contributed by atoms with van der Waals surface area (Å²) in [4.78, 5) is 35.5. The standard InChI is InChI=1S/C22H19ClN2O6/c1-13-2-3-14(15-6-7-30-10-15)8-19(13)25-21(27)12-31-11-20(26)24-18-5-4-16(23)9-17(18)22(28)29/h2-10H,11-12H2,1H3,(H,24,26)(H,25,27)(H,28,29). The number of amides is 2. The molecule has 0 aliphatic carbocycles. The smallest absolute Gasteiger partial charge is 0.337 e. The molecule has 9 heteroatoms. The lowest BCUT2D eigenvalue weighted by molar-refractivity contribution is -0.125. The van der Waals surface area contributed by atoms with Gasteiger partial charge >= 0.3 is 5.97 Å². The molecule has 1 heterocycles. The maximum Gasteiger partial charge on any atom is 0.337 e. The van der Waals surface area contributed by atoms with Gasteiger partial charge in [0.25, 0.3) is 0 Å². The molecule has 3 rings (SSSR count). The average Bonchev–Trinajstić information content (AvgIpc) is 3.25. The molecule has 0 aliphatic rings. The van der Waals surface area contributed by atoms with Gasteiger partial charge in [-0.05, 0) is 48.4 Å². The highest BCUT2D eigenvalue weighted by atomic mass is 35.5. The number of carbonyl (C=O) groups is 3. The van der Waals surface area contributed by atoms with Crippen molar-refractivity contribution in [2.45, 2.75) is 6.92 Å². The van der Waals surface area contributed by atoms with E-state index in [9.17, 15) is 19.5 Å². The molecule has 2 amide bonds. The molecule has 0 unspecified atom stereocenters. The highest BCUT2D eigenvalue weighted by Crippen LogP contribution is 2.26.